The van der Waals surface area contributed by atoms with Gasteiger partial charge in [0.15, 0.2) is 11.5 Å². The Bertz CT molecular complexity index is 1120. The van der Waals surface area contributed by atoms with Crippen molar-refractivity contribution in [3.8, 4) is 6.07 Å². The summed E-state index contributed by atoms with van der Waals surface area (Å²) in [5, 5.41) is 9.37. The molecule has 5 heterocycles. The summed E-state index contributed by atoms with van der Waals surface area (Å²) in [6.45, 7) is 2.54. The van der Waals surface area contributed by atoms with Crippen LogP contribution in [-0.4, -0.2) is 57.7 Å². The molecule has 2 saturated heterocycles. The summed E-state index contributed by atoms with van der Waals surface area (Å²) in [5.41, 5.74) is 1.12. The van der Waals surface area contributed by atoms with Gasteiger partial charge in [-0.2, -0.15) is 5.26 Å². The van der Waals surface area contributed by atoms with Gasteiger partial charge in [-0.3, -0.25) is 9.59 Å². The summed E-state index contributed by atoms with van der Waals surface area (Å²) >= 11 is 0. The Morgan fingerprint density at radius 3 is 2.68 bits per heavy atom. The second kappa shape index (κ2) is 7.76. The molecule has 0 radical (unpaired) electrons. The normalized spacial score (nSPS) is 23.2. The van der Waals surface area contributed by atoms with Gasteiger partial charge in [0.05, 0.1) is 0 Å². The van der Waals surface area contributed by atoms with Crippen LogP contribution in [0.4, 0.5) is 10.2 Å². The number of carbonyl (C=O) groups is 1. The summed E-state index contributed by atoms with van der Waals surface area (Å²) in [6.07, 6.45) is 3.83. The van der Waals surface area contributed by atoms with E-state index in [0.717, 1.165) is 12.1 Å². The first-order valence-corrected chi connectivity index (χ1v) is 10.7. The van der Waals surface area contributed by atoms with Crippen molar-refractivity contribution < 1.29 is 9.18 Å². The van der Waals surface area contributed by atoms with Crippen molar-refractivity contribution in [1.29, 1.82) is 5.26 Å². The van der Waals surface area contributed by atoms with Crippen molar-refractivity contribution in [1.82, 2.24) is 19.4 Å². The average Bonchev–Trinajstić information content (AvgIpc) is 2.79. The van der Waals surface area contributed by atoms with Crippen LogP contribution in [0.2, 0.25) is 0 Å². The minimum Gasteiger partial charge on any atom is -0.353 e. The van der Waals surface area contributed by atoms with Crippen molar-refractivity contribution in [2.24, 2.45) is 5.92 Å². The predicted octanol–water partition coefficient (Wildman–Crippen LogP) is 1.71. The van der Waals surface area contributed by atoms with E-state index in [2.05, 4.69) is 20.9 Å². The van der Waals surface area contributed by atoms with Crippen LogP contribution in [0.3, 0.4) is 0 Å². The topological polar surface area (TPSA) is 95.1 Å². The number of amides is 1. The van der Waals surface area contributed by atoms with Crippen molar-refractivity contribution in [3.63, 3.8) is 0 Å². The third-order valence-corrected chi connectivity index (χ3v) is 6.63. The van der Waals surface area contributed by atoms with E-state index < -0.39 is 6.17 Å². The first-order valence-electron chi connectivity index (χ1n) is 10.7. The molecule has 0 aromatic carbocycles. The fourth-order valence-corrected chi connectivity index (χ4v) is 5.14. The molecule has 2 atom stereocenters. The number of aromatic nitrogens is 3. The molecule has 2 fully saturated rings. The van der Waals surface area contributed by atoms with E-state index in [0.29, 0.717) is 57.1 Å². The molecule has 1 amide bonds. The Morgan fingerprint density at radius 2 is 1.90 bits per heavy atom. The van der Waals surface area contributed by atoms with Gasteiger partial charge in [0.2, 0.25) is 0 Å². The third kappa shape index (κ3) is 3.46. The van der Waals surface area contributed by atoms with E-state index in [-0.39, 0.29) is 28.9 Å². The molecule has 2 bridgehead atoms. The molecule has 160 valence electrons. The first-order chi connectivity index (χ1) is 15.0. The zero-order valence-electron chi connectivity index (χ0n) is 17.1. The molecule has 5 rings (SSSR count). The molecule has 0 spiro atoms. The van der Waals surface area contributed by atoms with Crippen molar-refractivity contribution in [3.05, 3.63) is 51.8 Å². The molecule has 9 heteroatoms. The fourth-order valence-electron chi connectivity index (χ4n) is 5.14. The van der Waals surface area contributed by atoms with Crippen LogP contribution in [0, 0.1) is 17.2 Å². The number of pyridine rings is 1. The SMILES string of the molecule is N#Cc1nccnc1N1C[C@@H]2C[C@H](C1)c1ccc(C(=O)N3CCC(F)CC3)c(=O)n1C2. The number of piperidine rings is 2. The molecule has 3 aliphatic heterocycles. The Labute approximate surface area is 178 Å². The van der Waals surface area contributed by atoms with Gasteiger partial charge in [-0.25, -0.2) is 14.4 Å². The second-order valence-corrected chi connectivity index (χ2v) is 8.60. The van der Waals surface area contributed by atoms with Gasteiger partial charge >= 0.3 is 0 Å². The summed E-state index contributed by atoms with van der Waals surface area (Å²) in [4.78, 5) is 38.3. The van der Waals surface area contributed by atoms with Crippen LogP contribution >= 0.6 is 0 Å². The van der Waals surface area contributed by atoms with E-state index in [1.54, 1.807) is 21.7 Å². The summed E-state index contributed by atoms with van der Waals surface area (Å²) in [5.74, 6) is 0.603. The standard InChI is InChI=1S/C22H23FN6O2/c23-16-3-7-27(8-4-16)21(30)17-1-2-19-15-9-14(12-29(19)22(17)31)11-28(13-15)20-18(10-24)25-5-6-26-20/h1-2,5-6,14-16H,3-4,7-9,11-13H2/t14-,15+/m0/s1. The number of nitriles is 1. The number of alkyl halides is 1. The Morgan fingerprint density at radius 1 is 1.13 bits per heavy atom. The number of anilines is 1. The quantitative estimate of drug-likeness (QED) is 0.731. The van der Waals surface area contributed by atoms with Gasteiger partial charge in [-0.05, 0) is 37.3 Å². The average molecular weight is 422 g/mol. The van der Waals surface area contributed by atoms with Crippen molar-refractivity contribution in [2.75, 3.05) is 31.1 Å². The highest BCUT2D eigenvalue weighted by Crippen LogP contribution is 2.37. The molecule has 0 saturated carbocycles. The van der Waals surface area contributed by atoms with Gasteiger partial charge in [0, 0.05) is 56.7 Å². The van der Waals surface area contributed by atoms with Gasteiger partial charge in [0.25, 0.3) is 11.5 Å². The van der Waals surface area contributed by atoms with E-state index in [1.165, 1.54) is 6.20 Å². The smallest absolute Gasteiger partial charge is 0.263 e. The molecular weight excluding hydrogens is 399 g/mol. The lowest BCUT2D eigenvalue weighted by Crippen LogP contribution is -2.49. The van der Waals surface area contributed by atoms with Crippen LogP contribution < -0.4 is 10.5 Å². The number of carbonyl (C=O) groups excluding carboxylic acids is 1. The minimum atomic E-state index is -0.869. The van der Waals surface area contributed by atoms with Crippen LogP contribution in [0.15, 0.2) is 29.3 Å². The highest BCUT2D eigenvalue weighted by molar-refractivity contribution is 5.94. The second-order valence-electron chi connectivity index (χ2n) is 8.60. The van der Waals surface area contributed by atoms with Crippen LogP contribution in [0.5, 0.6) is 0 Å². The van der Waals surface area contributed by atoms with Crippen molar-refractivity contribution >= 4 is 11.7 Å². The number of fused-ring (bicyclic) bond motifs is 4. The van der Waals surface area contributed by atoms with Gasteiger partial charge in [0.1, 0.15) is 17.8 Å². The lowest BCUT2D eigenvalue weighted by molar-refractivity contribution is 0.0664. The zero-order valence-corrected chi connectivity index (χ0v) is 17.1. The summed E-state index contributed by atoms with van der Waals surface area (Å²) in [7, 11) is 0. The Kier molecular flexibility index (Phi) is 4.93. The fraction of sp³-hybridized carbons (Fsp3) is 0.500. The molecular formula is C22H23FN6O2. The minimum absolute atomic E-state index is 0.111. The Hall–Kier alpha value is -3.28. The number of likely N-dealkylation sites (tertiary alicyclic amines) is 1. The van der Waals surface area contributed by atoms with Crippen LogP contribution in [0.25, 0.3) is 0 Å². The maximum atomic E-state index is 13.4. The largest absolute Gasteiger partial charge is 0.353 e. The van der Waals surface area contributed by atoms with Crippen LogP contribution in [0.1, 0.15) is 46.9 Å². The molecule has 0 unspecified atom stereocenters. The van der Waals surface area contributed by atoms with E-state index >= 15 is 0 Å². The molecule has 8 nitrogen and oxygen atoms in total. The third-order valence-electron chi connectivity index (χ3n) is 6.63. The monoisotopic (exact) mass is 422 g/mol. The number of rotatable bonds is 2. The van der Waals surface area contributed by atoms with Gasteiger partial charge in [-0.1, -0.05) is 0 Å². The lowest BCUT2D eigenvalue weighted by atomic mass is 9.83. The molecule has 2 aromatic rings. The molecule has 0 N–H and O–H groups in total. The summed E-state index contributed by atoms with van der Waals surface area (Å²) in [6, 6.07) is 5.61. The summed E-state index contributed by atoms with van der Waals surface area (Å²) < 4.78 is 15.2. The zero-order chi connectivity index (χ0) is 21.5. The highest BCUT2D eigenvalue weighted by Gasteiger charge is 2.37. The lowest BCUT2D eigenvalue weighted by Gasteiger charge is -2.43. The highest BCUT2D eigenvalue weighted by atomic mass is 19.1. The molecule has 2 aromatic heterocycles. The molecule has 0 aliphatic carbocycles. The van der Waals surface area contributed by atoms with Crippen LogP contribution in [-0.2, 0) is 6.54 Å². The maximum Gasteiger partial charge on any atom is 0.263 e. The number of hydrogen-bond acceptors (Lipinski definition) is 6. The van der Waals surface area contributed by atoms with E-state index in [4.69, 9.17) is 0 Å². The van der Waals surface area contributed by atoms with Gasteiger partial charge < -0.3 is 14.4 Å². The first kappa shape index (κ1) is 19.7. The van der Waals surface area contributed by atoms with E-state index in [9.17, 15) is 19.2 Å². The maximum absolute atomic E-state index is 13.4. The Balaban J connectivity index is 1.42. The van der Waals surface area contributed by atoms with Crippen molar-refractivity contribution in [2.45, 2.75) is 37.9 Å². The van der Waals surface area contributed by atoms with E-state index in [1.807, 2.05) is 6.07 Å². The number of hydrogen-bond donors (Lipinski definition) is 0. The molecule has 31 heavy (non-hydrogen) atoms. The number of halogens is 1. The molecule has 3 aliphatic rings. The van der Waals surface area contributed by atoms with Gasteiger partial charge in [-0.15, -0.1) is 0 Å². The predicted molar refractivity (Wildman–Crippen MR) is 111 cm³/mol. The number of nitrogens with zero attached hydrogens (tertiary/aromatic N) is 6.